The zero-order valence-corrected chi connectivity index (χ0v) is 9.48. The highest BCUT2D eigenvalue weighted by molar-refractivity contribution is 7.99. The number of nitrogens with one attached hydrogen (secondary N) is 1. The first-order valence-electron chi connectivity index (χ1n) is 4.49. The highest BCUT2D eigenvalue weighted by atomic mass is 32.2. The van der Waals surface area contributed by atoms with Crippen LogP contribution in [0.4, 0.5) is 0 Å². The van der Waals surface area contributed by atoms with E-state index < -0.39 is 12.5 Å². The number of carbonyl (C=O) groups excluding carboxylic acids is 1. The number of nitrogens with two attached hydrogens (primary N) is 1. The number of aromatic nitrogens is 2. The summed E-state index contributed by atoms with van der Waals surface area (Å²) in [5.74, 6) is -0.181. The maximum Gasteiger partial charge on any atom is 0.245 e. The molecular weight excluding hydrogens is 250 g/mol. The van der Waals surface area contributed by atoms with E-state index in [1.807, 2.05) is 0 Å². The molecule has 1 amide bonds. The summed E-state index contributed by atoms with van der Waals surface area (Å²) in [6, 6.07) is 0. The monoisotopic (exact) mass is 261 g/mol. The normalized spacial score (nSPS) is 11.5. The number of hydrogen-bond acceptors (Lipinski definition) is 8. The Bertz CT molecular complexity index is 407. The number of aliphatic hydroxyl groups excluding tert-OH is 1. The molecule has 0 aliphatic carbocycles. The smallest absolute Gasteiger partial charge is 0.245 e. The number of amides is 1. The van der Waals surface area contributed by atoms with Gasteiger partial charge >= 0.3 is 0 Å². The molecule has 94 valence electrons. The van der Waals surface area contributed by atoms with E-state index in [1.165, 1.54) is 11.8 Å². The van der Waals surface area contributed by atoms with E-state index in [9.17, 15) is 4.79 Å². The first-order chi connectivity index (χ1) is 8.19. The van der Waals surface area contributed by atoms with Gasteiger partial charge in [-0.25, -0.2) is 4.63 Å². The maximum atomic E-state index is 10.7. The highest BCUT2D eigenvalue weighted by Crippen LogP contribution is 2.17. The molecule has 0 unspecified atom stereocenters. The van der Waals surface area contributed by atoms with E-state index in [2.05, 4.69) is 25.4 Å². The standard InChI is InChI=1S/C7H11N5O4S/c8-6(10-15)5-7(12-16-11-5)17-2-1-9-4(14)3-13/h13,15H,1-3H2,(H2,8,10)(H,9,14). The molecule has 0 bridgehead atoms. The molecule has 1 heterocycles. The second-order valence-electron chi connectivity index (χ2n) is 2.76. The van der Waals surface area contributed by atoms with Gasteiger partial charge in [0.05, 0.1) is 0 Å². The van der Waals surface area contributed by atoms with Crippen LogP contribution in [0.1, 0.15) is 5.69 Å². The molecule has 1 rings (SSSR count). The van der Waals surface area contributed by atoms with Crippen LogP contribution in [0.15, 0.2) is 14.8 Å². The number of rotatable bonds is 6. The zero-order valence-electron chi connectivity index (χ0n) is 8.66. The lowest BCUT2D eigenvalue weighted by Gasteiger charge is -2.01. The van der Waals surface area contributed by atoms with Gasteiger partial charge in [-0.1, -0.05) is 16.9 Å². The number of aliphatic hydroxyl groups is 1. The Hall–Kier alpha value is -1.81. The first kappa shape index (κ1) is 13.3. The van der Waals surface area contributed by atoms with Gasteiger partial charge in [0.25, 0.3) is 0 Å². The molecule has 10 heteroatoms. The minimum Gasteiger partial charge on any atom is -0.409 e. The van der Waals surface area contributed by atoms with E-state index in [1.54, 1.807) is 0 Å². The molecule has 17 heavy (non-hydrogen) atoms. The third-order valence-corrected chi connectivity index (χ3v) is 2.56. The molecule has 1 aromatic rings. The van der Waals surface area contributed by atoms with Crippen molar-refractivity contribution in [2.45, 2.75) is 5.03 Å². The topological polar surface area (TPSA) is 147 Å². The first-order valence-corrected chi connectivity index (χ1v) is 5.48. The van der Waals surface area contributed by atoms with Crippen LogP contribution in [-0.2, 0) is 4.79 Å². The number of thioether (sulfide) groups is 1. The fraction of sp³-hybridized carbons (Fsp3) is 0.429. The summed E-state index contributed by atoms with van der Waals surface area (Å²) in [6.07, 6.45) is 0. The molecule has 0 aliphatic heterocycles. The van der Waals surface area contributed by atoms with Crippen LogP contribution in [0.25, 0.3) is 0 Å². The summed E-state index contributed by atoms with van der Waals surface area (Å²) in [7, 11) is 0. The van der Waals surface area contributed by atoms with Crippen molar-refractivity contribution in [3.05, 3.63) is 5.69 Å². The number of amidine groups is 1. The van der Waals surface area contributed by atoms with Crippen molar-refractivity contribution in [3.8, 4) is 0 Å². The summed E-state index contributed by atoms with van der Waals surface area (Å²) < 4.78 is 4.45. The second-order valence-corrected chi connectivity index (χ2v) is 3.84. The quantitative estimate of drug-likeness (QED) is 0.119. The van der Waals surface area contributed by atoms with Crippen LogP contribution < -0.4 is 11.1 Å². The van der Waals surface area contributed by atoms with Gasteiger partial charge in [-0.2, -0.15) is 0 Å². The van der Waals surface area contributed by atoms with Crippen LogP contribution >= 0.6 is 11.8 Å². The van der Waals surface area contributed by atoms with Crippen LogP contribution in [0.5, 0.6) is 0 Å². The molecule has 0 saturated heterocycles. The van der Waals surface area contributed by atoms with Crippen molar-refractivity contribution in [1.29, 1.82) is 0 Å². The van der Waals surface area contributed by atoms with Crippen LogP contribution in [0.3, 0.4) is 0 Å². The predicted octanol–water partition coefficient (Wildman–Crippen LogP) is -1.64. The Kier molecular flexibility index (Phi) is 5.23. The summed E-state index contributed by atoms with van der Waals surface area (Å²) in [5, 5.41) is 29.5. The van der Waals surface area contributed by atoms with Gasteiger partial charge in [0.15, 0.2) is 16.6 Å². The van der Waals surface area contributed by atoms with E-state index in [0.29, 0.717) is 17.3 Å². The fourth-order valence-electron chi connectivity index (χ4n) is 0.873. The van der Waals surface area contributed by atoms with Crippen molar-refractivity contribution in [2.75, 3.05) is 18.9 Å². The molecule has 0 aromatic carbocycles. The molecule has 0 fully saturated rings. The molecule has 5 N–H and O–H groups in total. The Morgan fingerprint density at radius 3 is 3.00 bits per heavy atom. The lowest BCUT2D eigenvalue weighted by molar-refractivity contribution is -0.123. The zero-order chi connectivity index (χ0) is 12.7. The van der Waals surface area contributed by atoms with Crippen molar-refractivity contribution >= 4 is 23.5 Å². The van der Waals surface area contributed by atoms with E-state index >= 15 is 0 Å². The number of carbonyl (C=O) groups is 1. The van der Waals surface area contributed by atoms with Gasteiger partial charge < -0.3 is 21.4 Å². The molecule has 0 aliphatic rings. The predicted molar refractivity (Wildman–Crippen MR) is 57.6 cm³/mol. The lowest BCUT2D eigenvalue weighted by atomic mass is 10.4. The summed E-state index contributed by atoms with van der Waals surface area (Å²) in [6.45, 7) is -0.210. The number of oxime groups is 1. The Morgan fingerprint density at radius 1 is 1.59 bits per heavy atom. The van der Waals surface area contributed by atoms with Crippen molar-refractivity contribution < 1.29 is 19.7 Å². The van der Waals surface area contributed by atoms with Gasteiger partial charge in [0, 0.05) is 12.3 Å². The Balaban J connectivity index is 2.42. The number of nitrogens with zero attached hydrogens (tertiary/aromatic N) is 3. The minimum absolute atomic E-state index is 0.144. The van der Waals surface area contributed by atoms with E-state index in [4.69, 9.17) is 16.0 Å². The van der Waals surface area contributed by atoms with Crippen LogP contribution in [-0.4, -0.2) is 51.3 Å². The van der Waals surface area contributed by atoms with Crippen molar-refractivity contribution in [1.82, 2.24) is 15.6 Å². The van der Waals surface area contributed by atoms with Gasteiger partial charge in [-0.3, -0.25) is 4.79 Å². The van der Waals surface area contributed by atoms with Gasteiger partial charge in [0.1, 0.15) is 6.61 Å². The minimum atomic E-state index is -0.550. The van der Waals surface area contributed by atoms with E-state index in [-0.39, 0.29) is 11.5 Å². The third-order valence-electron chi connectivity index (χ3n) is 1.62. The average Bonchev–Trinajstić information content (AvgIpc) is 2.81. The lowest BCUT2D eigenvalue weighted by Crippen LogP contribution is -2.28. The fourth-order valence-corrected chi connectivity index (χ4v) is 1.64. The average molecular weight is 261 g/mol. The molecule has 0 radical (unpaired) electrons. The van der Waals surface area contributed by atoms with Crippen molar-refractivity contribution in [2.24, 2.45) is 10.9 Å². The largest absolute Gasteiger partial charge is 0.409 e. The molecule has 1 aromatic heterocycles. The second kappa shape index (κ2) is 6.70. The Labute approximate surface area is 100 Å². The van der Waals surface area contributed by atoms with Crippen molar-refractivity contribution in [3.63, 3.8) is 0 Å². The molecule has 0 spiro atoms. The third kappa shape index (κ3) is 3.92. The molecule has 0 saturated carbocycles. The molecule has 0 atom stereocenters. The summed E-state index contributed by atoms with van der Waals surface area (Å²) >= 11 is 1.21. The molecule has 9 nitrogen and oxygen atoms in total. The van der Waals surface area contributed by atoms with Crippen LogP contribution in [0, 0.1) is 0 Å². The maximum absolute atomic E-state index is 10.7. The SMILES string of the molecule is N/C(=N\O)c1nonc1SCCNC(=O)CO. The number of hydrogen-bond donors (Lipinski definition) is 4. The van der Waals surface area contributed by atoms with Crippen LogP contribution in [0.2, 0.25) is 0 Å². The van der Waals surface area contributed by atoms with Gasteiger partial charge in [-0.15, -0.1) is 0 Å². The highest BCUT2D eigenvalue weighted by Gasteiger charge is 2.14. The Morgan fingerprint density at radius 2 is 2.35 bits per heavy atom. The van der Waals surface area contributed by atoms with E-state index in [0.717, 1.165) is 0 Å². The van der Waals surface area contributed by atoms with Gasteiger partial charge in [-0.05, 0) is 10.3 Å². The molecular formula is C7H11N5O4S. The summed E-state index contributed by atoms with van der Waals surface area (Å²) in [4.78, 5) is 10.7. The summed E-state index contributed by atoms with van der Waals surface area (Å²) in [5.41, 5.74) is 5.48. The van der Waals surface area contributed by atoms with Gasteiger partial charge in [0.2, 0.25) is 5.91 Å².